The number of carbonyl (C=O) groups is 1. The quantitative estimate of drug-likeness (QED) is 0.430. The number of carbonyl (C=O) groups excluding carboxylic acids is 1. The Morgan fingerprint density at radius 3 is 3.38 bits per heavy atom. The lowest BCUT2D eigenvalue weighted by Gasteiger charge is -1.92. The molecule has 0 aromatic heterocycles. The molecular formula is C5H7O3. The van der Waals surface area contributed by atoms with Gasteiger partial charge in [-0.15, -0.1) is 0 Å². The molecule has 0 bridgehead atoms. The van der Waals surface area contributed by atoms with E-state index in [2.05, 4.69) is 9.78 Å². The lowest BCUT2D eigenvalue weighted by Crippen LogP contribution is -2.00. The van der Waals surface area contributed by atoms with Crippen molar-refractivity contribution in [3.63, 3.8) is 0 Å². The van der Waals surface area contributed by atoms with E-state index in [0.717, 1.165) is 12.8 Å². The topological polar surface area (TPSA) is 35.5 Å². The second-order valence-corrected chi connectivity index (χ2v) is 1.57. The third-order valence-corrected chi connectivity index (χ3v) is 0.884. The summed E-state index contributed by atoms with van der Waals surface area (Å²) in [6, 6.07) is 0. The molecule has 1 aliphatic heterocycles. The van der Waals surface area contributed by atoms with Crippen LogP contribution in [-0.2, 0) is 14.6 Å². The minimum absolute atomic E-state index is 0.373. The van der Waals surface area contributed by atoms with Crippen LogP contribution in [0.3, 0.4) is 0 Å². The minimum atomic E-state index is -0.373. The van der Waals surface area contributed by atoms with E-state index < -0.39 is 0 Å². The molecule has 1 aliphatic rings. The standard InChI is InChI=1S/C5H7O3/c6-5-3-1-2-4-7-8-5/h3H,1-2,4H2. The van der Waals surface area contributed by atoms with E-state index in [4.69, 9.17) is 0 Å². The van der Waals surface area contributed by atoms with E-state index >= 15 is 0 Å². The molecule has 0 amide bonds. The molecule has 0 aliphatic carbocycles. The Hall–Kier alpha value is -0.570. The zero-order valence-electron chi connectivity index (χ0n) is 4.42. The molecule has 3 heteroatoms. The Labute approximate surface area is 47.5 Å². The zero-order chi connectivity index (χ0) is 5.82. The number of hydrogen-bond donors (Lipinski definition) is 0. The van der Waals surface area contributed by atoms with Crippen molar-refractivity contribution in [1.82, 2.24) is 0 Å². The van der Waals surface area contributed by atoms with Gasteiger partial charge in [-0.1, -0.05) is 0 Å². The highest BCUT2D eigenvalue weighted by Crippen LogP contribution is 2.02. The van der Waals surface area contributed by atoms with Gasteiger partial charge in [-0.2, -0.15) is 4.89 Å². The van der Waals surface area contributed by atoms with Gasteiger partial charge in [-0.25, -0.2) is 4.79 Å². The molecule has 8 heavy (non-hydrogen) atoms. The highest BCUT2D eigenvalue weighted by Gasteiger charge is 2.07. The Bertz CT molecular complexity index is 79.7. The summed E-state index contributed by atoms with van der Waals surface area (Å²) < 4.78 is 0. The maximum absolute atomic E-state index is 10.3. The number of rotatable bonds is 0. The summed E-state index contributed by atoms with van der Waals surface area (Å²) in [5.74, 6) is -0.373. The molecule has 0 atom stereocenters. The van der Waals surface area contributed by atoms with E-state index in [1.807, 2.05) is 0 Å². The van der Waals surface area contributed by atoms with Crippen LogP contribution in [0.5, 0.6) is 0 Å². The molecule has 3 nitrogen and oxygen atoms in total. The maximum atomic E-state index is 10.3. The van der Waals surface area contributed by atoms with Crippen molar-refractivity contribution in [2.75, 3.05) is 6.61 Å². The van der Waals surface area contributed by atoms with Gasteiger partial charge in [-0.05, 0) is 12.8 Å². The molecule has 45 valence electrons. The summed E-state index contributed by atoms with van der Waals surface area (Å²) in [7, 11) is 0. The maximum Gasteiger partial charge on any atom is 0.346 e. The van der Waals surface area contributed by atoms with Gasteiger partial charge < -0.3 is 0 Å². The monoisotopic (exact) mass is 115 g/mol. The van der Waals surface area contributed by atoms with Gasteiger partial charge in [0.1, 0.15) is 0 Å². The van der Waals surface area contributed by atoms with E-state index in [9.17, 15) is 4.79 Å². The molecule has 0 aromatic rings. The normalized spacial score (nSPS) is 21.8. The fraction of sp³-hybridized carbons (Fsp3) is 0.600. The molecule has 1 saturated heterocycles. The fourth-order valence-electron chi connectivity index (χ4n) is 0.496. The van der Waals surface area contributed by atoms with Crippen molar-refractivity contribution < 1.29 is 14.6 Å². The summed E-state index contributed by atoms with van der Waals surface area (Å²) in [5, 5.41) is 0. The van der Waals surface area contributed by atoms with Crippen molar-refractivity contribution in [1.29, 1.82) is 0 Å². The molecule has 1 radical (unpaired) electrons. The van der Waals surface area contributed by atoms with Gasteiger partial charge in [0.05, 0.1) is 13.0 Å². The van der Waals surface area contributed by atoms with Gasteiger partial charge in [0.15, 0.2) is 0 Å². The van der Waals surface area contributed by atoms with Gasteiger partial charge in [-0.3, -0.25) is 4.89 Å². The van der Waals surface area contributed by atoms with Gasteiger partial charge in [0.2, 0.25) is 0 Å². The van der Waals surface area contributed by atoms with Crippen LogP contribution < -0.4 is 0 Å². The summed E-state index contributed by atoms with van der Waals surface area (Å²) in [6.07, 6.45) is 3.11. The second kappa shape index (κ2) is 2.67. The third kappa shape index (κ3) is 1.50. The van der Waals surface area contributed by atoms with Gasteiger partial charge in [0, 0.05) is 0 Å². The molecule has 1 rings (SSSR count). The van der Waals surface area contributed by atoms with Gasteiger partial charge >= 0.3 is 5.97 Å². The van der Waals surface area contributed by atoms with E-state index in [-0.39, 0.29) is 5.97 Å². The summed E-state index contributed by atoms with van der Waals surface area (Å²) in [4.78, 5) is 18.9. The van der Waals surface area contributed by atoms with Crippen molar-refractivity contribution in [2.24, 2.45) is 0 Å². The predicted octanol–water partition coefficient (Wildman–Crippen LogP) is 0.459. The van der Waals surface area contributed by atoms with Crippen molar-refractivity contribution in [2.45, 2.75) is 12.8 Å². The first-order valence-electron chi connectivity index (χ1n) is 2.56. The Kier molecular flexibility index (Phi) is 1.86. The van der Waals surface area contributed by atoms with E-state index in [0.29, 0.717) is 6.61 Å². The Morgan fingerprint density at radius 2 is 2.50 bits per heavy atom. The molecule has 0 N–H and O–H groups in total. The van der Waals surface area contributed by atoms with Crippen LogP contribution in [0.2, 0.25) is 0 Å². The first kappa shape index (κ1) is 5.56. The van der Waals surface area contributed by atoms with Crippen LogP contribution >= 0.6 is 0 Å². The van der Waals surface area contributed by atoms with Crippen molar-refractivity contribution in [3.05, 3.63) is 6.42 Å². The van der Waals surface area contributed by atoms with Crippen LogP contribution in [0.1, 0.15) is 12.8 Å². The average Bonchev–Trinajstić information content (AvgIpc) is 1.94. The van der Waals surface area contributed by atoms with Crippen LogP contribution in [0.15, 0.2) is 0 Å². The highest BCUT2D eigenvalue weighted by atomic mass is 17.2. The molecule has 0 aromatic carbocycles. The predicted molar refractivity (Wildman–Crippen MR) is 25.6 cm³/mol. The van der Waals surface area contributed by atoms with Gasteiger partial charge in [0.25, 0.3) is 0 Å². The summed E-state index contributed by atoms with van der Waals surface area (Å²) in [6.45, 7) is 0.516. The van der Waals surface area contributed by atoms with E-state index in [1.54, 1.807) is 0 Å². The SMILES string of the molecule is O=C1[CH]CCCOO1. The lowest BCUT2D eigenvalue weighted by atomic mass is 10.2. The minimum Gasteiger partial charge on any atom is -0.298 e. The van der Waals surface area contributed by atoms with Crippen LogP contribution in [-0.4, -0.2) is 12.6 Å². The average molecular weight is 115 g/mol. The smallest absolute Gasteiger partial charge is 0.298 e. The first-order valence-corrected chi connectivity index (χ1v) is 2.56. The molecule has 1 fully saturated rings. The Balaban J connectivity index is 2.27. The summed E-state index contributed by atoms with van der Waals surface area (Å²) >= 11 is 0. The second-order valence-electron chi connectivity index (χ2n) is 1.57. The molecule has 0 unspecified atom stereocenters. The summed E-state index contributed by atoms with van der Waals surface area (Å²) in [5.41, 5.74) is 0. The molecule has 0 saturated carbocycles. The number of hydrogen-bond acceptors (Lipinski definition) is 3. The molecule has 1 heterocycles. The third-order valence-electron chi connectivity index (χ3n) is 0.884. The zero-order valence-corrected chi connectivity index (χ0v) is 4.42. The van der Waals surface area contributed by atoms with E-state index in [1.165, 1.54) is 6.42 Å². The van der Waals surface area contributed by atoms with Crippen LogP contribution in [0, 0.1) is 6.42 Å². The first-order chi connectivity index (χ1) is 3.89. The molecular weight excluding hydrogens is 108 g/mol. The fourth-order valence-corrected chi connectivity index (χ4v) is 0.496. The van der Waals surface area contributed by atoms with Crippen molar-refractivity contribution >= 4 is 5.97 Å². The largest absolute Gasteiger partial charge is 0.346 e. The molecule has 0 spiro atoms. The highest BCUT2D eigenvalue weighted by molar-refractivity contribution is 5.78. The van der Waals surface area contributed by atoms with Crippen LogP contribution in [0.4, 0.5) is 0 Å². The van der Waals surface area contributed by atoms with Crippen molar-refractivity contribution in [3.8, 4) is 0 Å². The van der Waals surface area contributed by atoms with Crippen LogP contribution in [0.25, 0.3) is 0 Å². The lowest BCUT2D eigenvalue weighted by molar-refractivity contribution is -0.265. The Morgan fingerprint density at radius 1 is 1.62 bits per heavy atom.